The molecular weight excluding hydrogens is 224 g/mol. The normalized spacial score (nSPS) is 15.8. The molecule has 0 amide bonds. The SMILES string of the molecule is CCC(CC)n1ccc(CN(CCN)C2CC2)n1. The van der Waals surface area contributed by atoms with Crippen LogP contribution < -0.4 is 5.73 Å². The van der Waals surface area contributed by atoms with Crippen LogP contribution >= 0.6 is 0 Å². The minimum absolute atomic E-state index is 0.544. The molecule has 102 valence electrons. The van der Waals surface area contributed by atoms with Gasteiger partial charge in [0.25, 0.3) is 0 Å². The minimum atomic E-state index is 0.544. The Morgan fingerprint density at radius 2 is 2.17 bits per heavy atom. The number of hydrogen-bond acceptors (Lipinski definition) is 3. The van der Waals surface area contributed by atoms with Crippen molar-refractivity contribution in [1.29, 1.82) is 0 Å². The van der Waals surface area contributed by atoms with Gasteiger partial charge in [0, 0.05) is 31.9 Å². The van der Waals surface area contributed by atoms with Crippen LogP contribution in [0, 0.1) is 0 Å². The summed E-state index contributed by atoms with van der Waals surface area (Å²) in [5.41, 5.74) is 6.86. The van der Waals surface area contributed by atoms with Crippen LogP contribution in [0.3, 0.4) is 0 Å². The molecule has 2 rings (SSSR count). The first-order chi connectivity index (χ1) is 8.78. The molecule has 1 aliphatic rings. The van der Waals surface area contributed by atoms with Crippen LogP contribution in [-0.4, -0.2) is 33.8 Å². The molecule has 1 saturated carbocycles. The third-order valence-electron chi connectivity index (χ3n) is 3.82. The number of nitrogens with zero attached hydrogens (tertiary/aromatic N) is 3. The summed E-state index contributed by atoms with van der Waals surface area (Å²) in [6.45, 7) is 7.13. The van der Waals surface area contributed by atoms with Gasteiger partial charge < -0.3 is 5.73 Å². The Kier molecular flexibility index (Phi) is 4.78. The zero-order valence-corrected chi connectivity index (χ0v) is 11.7. The monoisotopic (exact) mass is 250 g/mol. The maximum Gasteiger partial charge on any atom is 0.0765 e. The van der Waals surface area contributed by atoms with E-state index in [-0.39, 0.29) is 0 Å². The molecule has 1 aliphatic carbocycles. The zero-order chi connectivity index (χ0) is 13.0. The van der Waals surface area contributed by atoms with Crippen molar-refractivity contribution in [3.05, 3.63) is 18.0 Å². The Morgan fingerprint density at radius 3 is 2.72 bits per heavy atom. The highest BCUT2D eigenvalue weighted by Crippen LogP contribution is 2.27. The Morgan fingerprint density at radius 1 is 1.44 bits per heavy atom. The van der Waals surface area contributed by atoms with Crippen molar-refractivity contribution in [1.82, 2.24) is 14.7 Å². The fourth-order valence-electron chi connectivity index (χ4n) is 2.53. The predicted octanol–water partition coefficient (Wildman–Crippen LogP) is 2.17. The molecule has 18 heavy (non-hydrogen) atoms. The molecule has 1 aromatic heterocycles. The standard InChI is InChI=1S/C14H26N4/c1-3-13(4-2)18-9-7-12(16-18)11-17(10-8-15)14-5-6-14/h7,9,13-14H,3-6,8,10-11,15H2,1-2H3. The average Bonchev–Trinajstić information content (AvgIpc) is 3.12. The van der Waals surface area contributed by atoms with Crippen LogP contribution in [0.4, 0.5) is 0 Å². The van der Waals surface area contributed by atoms with E-state index in [1.807, 2.05) is 0 Å². The van der Waals surface area contributed by atoms with E-state index in [1.54, 1.807) is 0 Å². The molecule has 0 bridgehead atoms. The molecule has 1 fully saturated rings. The predicted molar refractivity (Wildman–Crippen MR) is 74.3 cm³/mol. The molecule has 0 spiro atoms. The summed E-state index contributed by atoms with van der Waals surface area (Å²) in [5, 5.41) is 4.72. The Hall–Kier alpha value is -0.870. The van der Waals surface area contributed by atoms with Crippen LogP contribution in [0.2, 0.25) is 0 Å². The summed E-state index contributed by atoms with van der Waals surface area (Å²) >= 11 is 0. The van der Waals surface area contributed by atoms with Crippen LogP contribution in [0.1, 0.15) is 51.3 Å². The van der Waals surface area contributed by atoms with Crippen molar-refractivity contribution >= 4 is 0 Å². The second-order valence-corrected chi connectivity index (χ2v) is 5.25. The fourth-order valence-corrected chi connectivity index (χ4v) is 2.53. The third kappa shape index (κ3) is 3.33. The lowest BCUT2D eigenvalue weighted by Crippen LogP contribution is -2.31. The highest BCUT2D eigenvalue weighted by Gasteiger charge is 2.28. The van der Waals surface area contributed by atoms with Gasteiger partial charge in [-0.15, -0.1) is 0 Å². The number of aromatic nitrogens is 2. The van der Waals surface area contributed by atoms with Gasteiger partial charge in [0.1, 0.15) is 0 Å². The molecule has 0 aliphatic heterocycles. The van der Waals surface area contributed by atoms with E-state index in [4.69, 9.17) is 10.8 Å². The minimum Gasteiger partial charge on any atom is -0.329 e. The zero-order valence-electron chi connectivity index (χ0n) is 11.7. The quantitative estimate of drug-likeness (QED) is 0.769. The van der Waals surface area contributed by atoms with Gasteiger partial charge >= 0.3 is 0 Å². The molecule has 0 atom stereocenters. The Bertz CT molecular complexity index is 352. The molecule has 2 N–H and O–H groups in total. The lowest BCUT2D eigenvalue weighted by Gasteiger charge is -2.19. The molecule has 0 saturated heterocycles. The topological polar surface area (TPSA) is 47.1 Å². The molecule has 0 unspecified atom stereocenters. The van der Waals surface area contributed by atoms with Gasteiger partial charge in [0.15, 0.2) is 0 Å². The van der Waals surface area contributed by atoms with E-state index in [0.717, 1.165) is 38.5 Å². The van der Waals surface area contributed by atoms with Crippen molar-refractivity contribution < 1.29 is 0 Å². The van der Waals surface area contributed by atoms with E-state index in [2.05, 4.69) is 35.7 Å². The summed E-state index contributed by atoms with van der Waals surface area (Å²) in [4.78, 5) is 2.47. The number of rotatable bonds is 8. The lowest BCUT2D eigenvalue weighted by molar-refractivity contribution is 0.257. The number of nitrogens with two attached hydrogens (primary N) is 1. The first-order valence-corrected chi connectivity index (χ1v) is 7.26. The maximum atomic E-state index is 5.68. The second-order valence-electron chi connectivity index (χ2n) is 5.25. The molecule has 0 radical (unpaired) electrons. The van der Waals surface area contributed by atoms with E-state index in [0.29, 0.717) is 6.04 Å². The first-order valence-electron chi connectivity index (χ1n) is 7.26. The van der Waals surface area contributed by atoms with E-state index < -0.39 is 0 Å². The smallest absolute Gasteiger partial charge is 0.0765 e. The van der Waals surface area contributed by atoms with Crippen LogP contribution in [0.25, 0.3) is 0 Å². The van der Waals surface area contributed by atoms with Gasteiger partial charge in [-0.25, -0.2) is 0 Å². The van der Waals surface area contributed by atoms with Gasteiger partial charge in [0.2, 0.25) is 0 Å². The van der Waals surface area contributed by atoms with Crippen molar-refractivity contribution in [2.24, 2.45) is 5.73 Å². The molecular formula is C14H26N4. The summed E-state index contributed by atoms with van der Waals surface area (Å²) in [5.74, 6) is 0. The van der Waals surface area contributed by atoms with Gasteiger partial charge in [0.05, 0.1) is 11.7 Å². The van der Waals surface area contributed by atoms with E-state index in [1.165, 1.54) is 18.5 Å². The van der Waals surface area contributed by atoms with Crippen molar-refractivity contribution in [3.8, 4) is 0 Å². The summed E-state index contributed by atoms with van der Waals surface area (Å²) in [6.07, 6.45) is 7.07. The van der Waals surface area contributed by atoms with Crippen LogP contribution in [0.15, 0.2) is 12.3 Å². The summed E-state index contributed by atoms with van der Waals surface area (Å²) < 4.78 is 2.13. The van der Waals surface area contributed by atoms with Gasteiger partial charge in [-0.1, -0.05) is 13.8 Å². The summed E-state index contributed by atoms with van der Waals surface area (Å²) in [6, 6.07) is 3.46. The summed E-state index contributed by atoms with van der Waals surface area (Å²) in [7, 11) is 0. The Labute approximate surface area is 110 Å². The van der Waals surface area contributed by atoms with Crippen molar-refractivity contribution in [2.45, 2.75) is 58.2 Å². The molecule has 4 nitrogen and oxygen atoms in total. The van der Waals surface area contributed by atoms with E-state index in [9.17, 15) is 0 Å². The van der Waals surface area contributed by atoms with Crippen LogP contribution in [0.5, 0.6) is 0 Å². The highest BCUT2D eigenvalue weighted by atomic mass is 15.3. The Balaban J connectivity index is 1.96. The molecule has 4 heteroatoms. The van der Waals surface area contributed by atoms with Gasteiger partial charge in [-0.05, 0) is 31.7 Å². The second kappa shape index (κ2) is 6.34. The largest absolute Gasteiger partial charge is 0.329 e. The first kappa shape index (κ1) is 13.6. The lowest BCUT2D eigenvalue weighted by atomic mass is 10.2. The van der Waals surface area contributed by atoms with E-state index >= 15 is 0 Å². The third-order valence-corrected chi connectivity index (χ3v) is 3.82. The number of hydrogen-bond donors (Lipinski definition) is 1. The molecule has 1 heterocycles. The van der Waals surface area contributed by atoms with Gasteiger partial charge in [-0.3, -0.25) is 9.58 Å². The average molecular weight is 250 g/mol. The van der Waals surface area contributed by atoms with Gasteiger partial charge in [-0.2, -0.15) is 5.10 Å². The van der Waals surface area contributed by atoms with Crippen LogP contribution in [-0.2, 0) is 6.54 Å². The molecule has 0 aromatic carbocycles. The maximum absolute atomic E-state index is 5.68. The highest BCUT2D eigenvalue weighted by molar-refractivity contribution is 5.01. The van der Waals surface area contributed by atoms with Crippen molar-refractivity contribution in [2.75, 3.05) is 13.1 Å². The molecule has 1 aromatic rings. The fraction of sp³-hybridized carbons (Fsp3) is 0.786. The van der Waals surface area contributed by atoms with Crippen molar-refractivity contribution in [3.63, 3.8) is 0 Å².